The smallest absolute Gasteiger partial charge is 0.277 e. The Morgan fingerprint density at radius 3 is 2.67 bits per heavy atom. The van der Waals surface area contributed by atoms with Crippen molar-refractivity contribution in [2.75, 3.05) is 11.1 Å². The number of thioether (sulfide) groups is 1. The van der Waals surface area contributed by atoms with Gasteiger partial charge in [-0.3, -0.25) is 4.79 Å². The van der Waals surface area contributed by atoms with E-state index in [0.29, 0.717) is 5.75 Å². The molecule has 0 spiro atoms. The number of para-hydroxylation sites is 1. The van der Waals surface area contributed by atoms with Gasteiger partial charge in [-0.25, -0.2) is 8.78 Å². The van der Waals surface area contributed by atoms with E-state index in [4.69, 9.17) is 9.15 Å². The van der Waals surface area contributed by atoms with Gasteiger partial charge in [-0.05, 0) is 43.3 Å². The molecule has 0 unspecified atom stereocenters. The van der Waals surface area contributed by atoms with Crippen molar-refractivity contribution in [1.82, 2.24) is 10.2 Å². The van der Waals surface area contributed by atoms with Crippen molar-refractivity contribution in [1.29, 1.82) is 0 Å². The molecule has 0 bridgehead atoms. The summed E-state index contributed by atoms with van der Waals surface area (Å²) in [6.07, 6.45) is -0.551. The maximum atomic E-state index is 13.5. The largest absolute Gasteiger partial charge is 0.481 e. The summed E-state index contributed by atoms with van der Waals surface area (Å²) in [5.41, 5.74) is 0.107. The lowest BCUT2D eigenvalue weighted by atomic mass is 10.3. The summed E-state index contributed by atoms with van der Waals surface area (Å²) in [6, 6.07) is 11.4. The Hall–Kier alpha value is -2.94. The van der Waals surface area contributed by atoms with Crippen molar-refractivity contribution < 1.29 is 22.7 Å². The molecule has 0 saturated heterocycles. The molecule has 1 atom stereocenters. The number of anilines is 1. The number of nitrogens with zero attached hydrogens (tertiary/aromatic N) is 2. The summed E-state index contributed by atoms with van der Waals surface area (Å²) in [5.74, 6) is -0.622. The minimum atomic E-state index is -0.551. The van der Waals surface area contributed by atoms with Crippen LogP contribution in [0.3, 0.4) is 0 Å². The molecule has 0 radical (unpaired) electrons. The molecular formula is C18H15F2N3O3S. The lowest BCUT2D eigenvalue weighted by molar-refractivity contribution is -0.113. The monoisotopic (exact) mass is 391 g/mol. The van der Waals surface area contributed by atoms with E-state index < -0.39 is 17.8 Å². The van der Waals surface area contributed by atoms with Crippen molar-refractivity contribution >= 4 is 23.4 Å². The van der Waals surface area contributed by atoms with Crippen LogP contribution in [0.4, 0.5) is 14.5 Å². The quantitative estimate of drug-likeness (QED) is 0.608. The van der Waals surface area contributed by atoms with E-state index in [2.05, 4.69) is 15.5 Å². The van der Waals surface area contributed by atoms with E-state index in [1.54, 1.807) is 13.0 Å². The first-order chi connectivity index (χ1) is 13.0. The molecule has 0 aliphatic heterocycles. The molecule has 1 N–H and O–H groups in total. The van der Waals surface area contributed by atoms with Gasteiger partial charge in [-0.2, -0.15) is 0 Å². The maximum Gasteiger partial charge on any atom is 0.277 e. The van der Waals surface area contributed by atoms with Crippen molar-refractivity contribution in [3.63, 3.8) is 0 Å². The molecule has 1 heterocycles. The minimum absolute atomic E-state index is 0.0246. The SMILES string of the molecule is C[C@@H](Oc1ccc(F)cc1)c1nnc(SCC(=O)Nc2ccccc2F)o1. The van der Waals surface area contributed by atoms with Crippen molar-refractivity contribution in [2.45, 2.75) is 18.3 Å². The van der Waals surface area contributed by atoms with Crippen LogP contribution < -0.4 is 10.1 Å². The molecule has 3 aromatic rings. The minimum Gasteiger partial charge on any atom is -0.481 e. The summed E-state index contributed by atoms with van der Waals surface area (Å²) in [4.78, 5) is 11.9. The van der Waals surface area contributed by atoms with Crippen LogP contribution in [0.5, 0.6) is 5.75 Å². The molecule has 6 nitrogen and oxygen atoms in total. The number of benzene rings is 2. The molecule has 0 aliphatic carbocycles. The lowest BCUT2D eigenvalue weighted by Crippen LogP contribution is -2.14. The Morgan fingerprint density at radius 1 is 1.19 bits per heavy atom. The predicted octanol–water partition coefficient (Wildman–Crippen LogP) is 4.22. The second kappa shape index (κ2) is 8.63. The van der Waals surface area contributed by atoms with Crippen LogP contribution >= 0.6 is 11.8 Å². The Bertz CT molecular complexity index is 918. The normalized spacial score (nSPS) is 11.8. The molecule has 0 saturated carbocycles. The topological polar surface area (TPSA) is 77.2 Å². The number of hydrogen-bond acceptors (Lipinski definition) is 6. The third-order valence-electron chi connectivity index (χ3n) is 3.37. The van der Waals surface area contributed by atoms with Gasteiger partial charge < -0.3 is 14.5 Å². The number of carbonyl (C=O) groups excluding carboxylic acids is 1. The fraction of sp³-hybridized carbons (Fsp3) is 0.167. The number of aromatic nitrogens is 2. The van der Waals surface area contributed by atoms with Gasteiger partial charge >= 0.3 is 0 Å². The second-order valence-electron chi connectivity index (χ2n) is 5.44. The zero-order valence-corrected chi connectivity index (χ0v) is 15.0. The first kappa shape index (κ1) is 18.8. The molecule has 140 valence electrons. The molecular weight excluding hydrogens is 376 g/mol. The number of nitrogens with one attached hydrogen (secondary N) is 1. The zero-order chi connectivity index (χ0) is 19.2. The van der Waals surface area contributed by atoms with Crippen molar-refractivity contribution in [3.05, 3.63) is 66.1 Å². The summed E-state index contributed by atoms with van der Waals surface area (Å²) >= 11 is 1.02. The first-order valence-electron chi connectivity index (χ1n) is 7.94. The summed E-state index contributed by atoms with van der Waals surface area (Å²) in [5, 5.41) is 10.4. The Kier molecular flexibility index (Phi) is 6.02. The zero-order valence-electron chi connectivity index (χ0n) is 14.2. The molecule has 0 fully saturated rings. The van der Waals surface area contributed by atoms with Crippen LogP contribution in [0.15, 0.2) is 58.2 Å². The van der Waals surface area contributed by atoms with E-state index in [-0.39, 0.29) is 28.4 Å². The van der Waals surface area contributed by atoms with E-state index in [1.165, 1.54) is 42.5 Å². The number of hydrogen-bond donors (Lipinski definition) is 1. The third-order valence-corrected chi connectivity index (χ3v) is 4.19. The van der Waals surface area contributed by atoms with Gasteiger partial charge in [0, 0.05) is 0 Å². The molecule has 2 aromatic carbocycles. The third kappa shape index (κ3) is 5.27. The van der Waals surface area contributed by atoms with Gasteiger partial charge in [-0.1, -0.05) is 23.9 Å². The highest BCUT2D eigenvalue weighted by atomic mass is 32.2. The fourth-order valence-electron chi connectivity index (χ4n) is 2.09. The molecule has 0 aliphatic rings. The van der Waals surface area contributed by atoms with E-state index in [9.17, 15) is 13.6 Å². The van der Waals surface area contributed by atoms with Gasteiger partial charge in [0.2, 0.25) is 5.91 Å². The number of carbonyl (C=O) groups is 1. The van der Waals surface area contributed by atoms with Crippen LogP contribution in [0, 0.1) is 11.6 Å². The van der Waals surface area contributed by atoms with E-state index in [0.717, 1.165) is 11.8 Å². The highest BCUT2D eigenvalue weighted by Crippen LogP contribution is 2.24. The number of ether oxygens (including phenoxy) is 1. The molecule has 9 heteroatoms. The van der Waals surface area contributed by atoms with Crippen LogP contribution in [-0.2, 0) is 4.79 Å². The summed E-state index contributed by atoms with van der Waals surface area (Å²) in [7, 11) is 0. The lowest BCUT2D eigenvalue weighted by Gasteiger charge is -2.10. The summed E-state index contributed by atoms with van der Waals surface area (Å²) in [6.45, 7) is 1.70. The van der Waals surface area contributed by atoms with Crippen LogP contribution in [0.2, 0.25) is 0 Å². The van der Waals surface area contributed by atoms with Crippen LogP contribution in [0.1, 0.15) is 18.9 Å². The standard InChI is InChI=1S/C18H15F2N3O3S/c1-11(25-13-8-6-12(19)7-9-13)17-22-23-18(26-17)27-10-16(24)21-15-5-3-2-4-14(15)20/h2-9,11H,10H2,1H3,(H,21,24)/t11-/m1/s1. The highest BCUT2D eigenvalue weighted by molar-refractivity contribution is 7.99. The molecule has 1 amide bonds. The average Bonchev–Trinajstić information content (AvgIpc) is 3.13. The second-order valence-corrected chi connectivity index (χ2v) is 6.36. The Balaban J connectivity index is 1.52. The van der Waals surface area contributed by atoms with Crippen molar-refractivity contribution in [2.24, 2.45) is 0 Å². The molecule has 27 heavy (non-hydrogen) atoms. The highest BCUT2D eigenvalue weighted by Gasteiger charge is 2.17. The van der Waals surface area contributed by atoms with Gasteiger partial charge in [0.15, 0.2) is 6.10 Å². The molecule has 3 rings (SSSR count). The number of halogens is 2. The van der Waals surface area contributed by atoms with Crippen molar-refractivity contribution in [3.8, 4) is 5.75 Å². The first-order valence-corrected chi connectivity index (χ1v) is 8.92. The van der Waals surface area contributed by atoms with Crippen LogP contribution in [-0.4, -0.2) is 21.9 Å². The van der Waals surface area contributed by atoms with Gasteiger partial charge in [-0.15, -0.1) is 10.2 Å². The fourth-order valence-corrected chi connectivity index (χ4v) is 2.66. The van der Waals surface area contributed by atoms with Crippen LogP contribution in [0.25, 0.3) is 0 Å². The summed E-state index contributed by atoms with van der Waals surface area (Å²) < 4.78 is 37.5. The average molecular weight is 391 g/mol. The maximum absolute atomic E-state index is 13.5. The number of rotatable bonds is 7. The Morgan fingerprint density at radius 2 is 1.93 bits per heavy atom. The molecule has 1 aromatic heterocycles. The van der Waals surface area contributed by atoms with Gasteiger partial charge in [0.25, 0.3) is 11.1 Å². The van der Waals surface area contributed by atoms with E-state index in [1.807, 2.05) is 0 Å². The van der Waals surface area contributed by atoms with E-state index >= 15 is 0 Å². The number of amides is 1. The predicted molar refractivity (Wildman–Crippen MR) is 95.5 cm³/mol. The van der Waals surface area contributed by atoms with Gasteiger partial charge in [0.1, 0.15) is 17.4 Å². The Labute approximate surface area is 157 Å². The van der Waals surface area contributed by atoms with Gasteiger partial charge in [0.05, 0.1) is 11.4 Å².